The summed E-state index contributed by atoms with van der Waals surface area (Å²) < 4.78 is 0.989. The SMILES string of the molecule is CCOC(NC(=O)C(Cl)(Cl)Cl)C(Cl)(Cl)Cl. The molecule has 0 spiro atoms. The minimum atomic E-state index is -2.13. The van der Waals surface area contributed by atoms with Gasteiger partial charge in [0.2, 0.25) is 3.79 Å². The van der Waals surface area contributed by atoms with Gasteiger partial charge in [0, 0.05) is 6.61 Å². The molecule has 0 fully saturated rings. The van der Waals surface area contributed by atoms with Crippen LogP contribution in [0.15, 0.2) is 0 Å². The zero-order valence-electron chi connectivity index (χ0n) is 7.37. The highest BCUT2D eigenvalue weighted by molar-refractivity contribution is 6.76. The van der Waals surface area contributed by atoms with Crippen LogP contribution in [-0.4, -0.2) is 26.3 Å². The van der Waals surface area contributed by atoms with Gasteiger partial charge in [0.15, 0.2) is 6.23 Å². The van der Waals surface area contributed by atoms with E-state index < -0.39 is 19.7 Å². The number of hydrogen-bond acceptors (Lipinski definition) is 2. The summed E-state index contributed by atoms with van der Waals surface area (Å²) in [6, 6.07) is 0. The van der Waals surface area contributed by atoms with Crippen molar-refractivity contribution in [2.75, 3.05) is 6.61 Å². The van der Waals surface area contributed by atoms with Gasteiger partial charge >= 0.3 is 0 Å². The van der Waals surface area contributed by atoms with Crippen molar-refractivity contribution >= 4 is 75.5 Å². The Morgan fingerprint density at radius 2 is 1.73 bits per heavy atom. The highest BCUT2D eigenvalue weighted by Gasteiger charge is 2.39. The van der Waals surface area contributed by atoms with E-state index in [0.717, 1.165) is 0 Å². The lowest BCUT2D eigenvalue weighted by molar-refractivity contribution is -0.124. The Bertz CT molecular complexity index is 223. The summed E-state index contributed by atoms with van der Waals surface area (Å²) in [5.74, 6) is -0.933. The minimum absolute atomic E-state index is 0.221. The van der Waals surface area contributed by atoms with Crippen LogP contribution in [-0.2, 0) is 9.53 Å². The van der Waals surface area contributed by atoms with Crippen molar-refractivity contribution < 1.29 is 9.53 Å². The number of carbonyl (C=O) groups is 1. The Labute approximate surface area is 117 Å². The van der Waals surface area contributed by atoms with Gasteiger partial charge in [0.25, 0.3) is 9.70 Å². The zero-order chi connectivity index (χ0) is 12.3. The van der Waals surface area contributed by atoms with Gasteiger partial charge in [-0.25, -0.2) is 0 Å². The first-order chi connectivity index (χ1) is 6.59. The van der Waals surface area contributed by atoms with E-state index in [1.807, 2.05) is 0 Å². The van der Waals surface area contributed by atoms with E-state index in [4.69, 9.17) is 74.3 Å². The molecule has 9 heteroatoms. The van der Waals surface area contributed by atoms with Crippen LogP contribution < -0.4 is 5.32 Å². The van der Waals surface area contributed by atoms with Crippen LogP contribution in [0.25, 0.3) is 0 Å². The van der Waals surface area contributed by atoms with Gasteiger partial charge in [0.1, 0.15) is 0 Å². The Hall–Kier alpha value is 1.17. The normalized spacial score (nSPS) is 14.9. The minimum Gasteiger partial charge on any atom is -0.354 e. The smallest absolute Gasteiger partial charge is 0.274 e. The van der Waals surface area contributed by atoms with Crippen molar-refractivity contribution in [3.05, 3.63) is 0 Å². The van der Waals surface area contributed by atoms with E-state index in [0.29, 0.717) is 0 Å². The van der Waals surface area contributed by atoms with Gasteiger partial charge in [-0.3, -0.25) is 4.79 Å². The van der Waals surface area contributed by atoms with E-state index in [1.54, 1.807) is 6.92 Å². The molecule has 0 bridgehead atoms. The fraction of sp³-hybridized carbons (Fsp3) is 0.833. The van der Waals surface area contributed by atoms with Crippen molar-refractivity contribution in [1.82, 2.24) is 5.32 Å². The first kappa shape index (κ1) is 16.2. The molecule has 0 saturated carbocycles. The lowest BCUT2D eigenvalue weighted by Gasteiger charge is -2.26. The molecule has 1 unspecified atom stereocenters. The van der Waals surface area contributed by atoms with Crippen LogP contribution in [0.1, 0.15) is 6.92 Å². The van der Waals surface area contributed by atoms with Gasteiger partial charge in [-0.2, -0.15) is 0 Å². The maximum atomic E-state index is 11.2. The Morgan fingerprint density at radius 1 is 1.27 bits per heavy atom. The van der Waals surface area contributed by atoms with Crippen molar-refractivity contribution in [2.24, 2.45) is 0 Å². The molecule has 1 atom stereocenters. The summed E-state index contributed by atoms with van der Waals surface area (Å²) in [5, 5.41) is 2.14. The number of halogens is 6. The number of rotatable bonds is 3. The number of hydrogen-bond donors (Lipinski definition) is 1. The molecular formula is C6H7Cl6NO2. The molecule has 1 N–H and O–H groups in total. The molecule has 0 rings (SSSR count). The molecule has 0 aromatic heterocycles. The van der Waals surface area contributed by atoms with E-state index >= 15 is 0 Å². The fourth-order valence-corrected chi connectivity index (χ4v) is 1.10. The second-order valence-electron chi connectivity index (χ2n) is 2.35. The predicted molar refractivity (Wildman–Crippen MR) is 64.1 cm³/mol. The molecule has 0 saturated heterocycles. The molecule has 3 nitrogen and oxygen atoms in total. The molecule has 1 amide bonds. The molecule has 0 aromatic rings. The first-order valence-corrected chi connectivity index (χ1v) is 5.91. The van der Waals surface area contributed by atoms with Gasteiger partial charge < -0.3 is 10.1 Å². The molecule has 0 aliphatic carbocycles. The van der Waals surface area contributed by atoms with Crippen molar-refractivity contribution in [2.45, 2.75) is 20.7 Å². The topological polar surface area (TPSA) is 38.3 Å². The highest BCUT2D eigenvalue weighted by atomic mass is 35.6. The van der Waals surface area contributed by atoms with E-state index in [9.17, 15) is 4.79 Å². The Morgan fingerprint density at radius 3 is 2.00 bits per heavy atom. The summed E-state index contributed by atoms with van der Waals surface area (Å²) in [4.78, 5) is 11.2. The monoisotopic (exact) mass is 335 g/mol. The average Bonchev–Trinajstić information content (AvgIpc) is 1.99. The Balaban J connectivity index is 4.50. The zero-order valence-corrected chi connectivity index (χ0v) is 11.9. The molecule has 0 aliphatic rings. The summed E-state index contributed by atoms with van der Waals surface area (Å²) in [6.45, 7) is 1.88. The maximum Gasteiger partial charge on any atom is 0.274 e. The lowest BCUT2D eigenvalue weighted by Crippen LogP contribution is -2.49. The van der Waals surface area contributed by atoms with Gasteiger partial charge in [-0.05, 0) is 6.92 Å². The van der Waals surface area contributed by atoms with E-state index in [2.05, 4.69) is 5.32 Å². The molecule has 15 heavy (non-hydrogen) atoms. The Kier molecular flexibility index (Phi) is 6.68. The number of ether oxygens (including phenoxy) is 1. The third kappa shape index (κ3) is 6.47. The number of carbonyl (C=O) groups excluding carboxylic acids is 1. The highest BCUT2D eigenvalue weighted by Crippen LogP contribution is 2.32. The van der Waals surface area contributed by atoms with E-state index in [-0.39, 0.29) is 6.61 Å². The molecule has 90 valence electrons. The second-order valence-corrected chi connectivity index (χ2v) is 7.00. The largest absolute Gasteiger partial charge is 0.354 e. The third-order valence-corrected chi connectivity index (χ3v) is 2.26. The summed E-state index contributed by atoms with van der Waals surface area (Å²) in [6.07, 6.45) is -1.18. The van der Waals surface area contributed by atoms with Crippen molar-refractivity contribution in [3.8, 4) is 0 Å². The van der Waals surface area contributed by atoms with Gasteiger partial charge in [0.05, 0.1) is 0 Å². The molecule has 0 heterocycles. The quantitative estimate of drug-likeness (QED) is 0.634. The van der Waals surface area contributed by atoms with Gasteiger partial charge in [-0.1, -0.05) is 69.6 Å². The standard InChI is InChI=1S/C6H7Cl6NO2/c1-2-15-4(6(10,11)12)13-3(14)5(7,8)9/h4H,2H2,1H3,(H,13,14). The first-order valence-electron chi connectivity index (χ1n) is 3.65. The van der Waals surface area contributed by atoms with Crippen LogP contribution in [0.5, 0.6) is 0 Å². The predicted octanol–water partition coefficient (Wildman–Crippen LogP) is 3.21. The van der Waals surface area contributed by atoms with Crippen LogP contribution >= 0.6 is 69.6 Å². The van der Waals surface area contributed by atoms with Crippen LogP contribution in [0.4, 0.5) is 0 Å². The summed E-state index contributed by atoms with van der Waals surface area (Å²) >= 11 is 32.5. The number of alkyl halides is 6. The van der Waals surface area contributed by atoms with E-state index in [1.165, 1.54) is 0 Å². The molecule has 0 aromatic carbocycles. The molecular weight excluding hydrogens is 331 g/mol. The summed E-state index contributed by atoms with van der Waals surface area (Å²) in [7, 11) is 0. The fourth-order valence-electron chi connectivity index (χ4n) is 0.586. The van der Waals surface area contributed by atoms with Gasteiger partial charge in [-0.15, -0.1) is 0 Å². The molecule has 0 radical (unpaired) electrons. The second kappa shape index (κ2) is 6.20. The average molecular weight is 338 g/mol. The summed E-state index contributed by atoms with van der Waals surface area (Å²) in [5.41, 5.74) is 0. The number of amides is 1. The van der Waals surface area contributed by atoms with Crippen LogP contribution in [0, 0.1) is 0 Å². The van der Waals surface area contributed by atoms with Crippen LogP contribution in [0.3, 0.4) is 0 Å². The third-order valence-electron chi connectivity index (χ3n) is 1.15. The molecule has 0 aliphatic heterocycles. The van der Waals surface area contributed by atoms with Crippen molar-refractivity contribution in [1.29, 1.82) is 0 Å². The number of nitrogens with one attached hydrogen (secondary N) is 1. The van der Waals surface area contributed by atoms with Crippen molar-refractivity contribution in [3.63, 3.8) is 0 Å². The lowest BCUT2D eigenvalue weighted by atomic mass is 10.5. The van der Waals surface area contributed by atoms with Crippen LogP contribution in [0.2, 0.25) is 0 Å². The maximum absolute atomic E-state index is 11.2.